The maximum atomic E-state index is 11.3. The van der Waals surface area contributed by atoms with Crippen molar-refractivity contribution in [2.75, 3.05) is 13.2 Å². The topological polar surface area (TPSA) is 55.5 Å². The fraction of sp³-hybridized carbons (Fsp3) is 1.00. The normalized spacial score (nSPS) is 44.2. The van der Waals surface area contributed by atoms with Gasteiger partial charge in [-0.05, 0) is 25.2 Å². The van der Waals surface area contributed by atoms with Gasteiger partial charge in [-0.3, -0.25) is 0 Å². The van der Waals surface area contributed by atoms with Crippen molar-refractivity contribution in [2.45, 2.75) is 76.9 Å². The summed E-state index contributed by atoms with van der Waals surface area (Å²) in [7, 11) is 0. The van der Waals surface area contributed by atoms with Crippen LogP contribution in [-0.2, 0) is 4.74 Å². The molecule has 4 unspecified atom stereocenters. The summed E-state index contributed by atoms with van der Waals surface area (Å²) in [4.78, 5) is 0. The summed E-state index contributed by atoms with van der Waals surface area (Å²) in [5.74, 6) is 0.689. The van der Waals surface area contributed by atoms with Crippen molar-refractivity contribution in [2.24, 2.45) is 17.1 Å². The van der Waals surface area contributed by atoms with E-state index in [1.54, 1.807) is 0 Å². The number of hydrogen-bond acceptors (Lipinski definition) is 3. The zero-order valence-corrected chi connectivity index (χ0v) is 12.7. The average molecular weight is 269 g/mol. The molecule has 1 saturated heterocycles. The summed E-state index contributed by atoms with van der Waals surface area (Å²) in [5, 5.41) is 11.3. The highest BCUT2D eigenvalue weighted by molar-refractivity contribution is 5.04. The Morgan fingerprint density at radius 3 is 2.74 bits per heavy atom. The van der Waals surface area contributed by atoms with E-state index >= 15 is 0 Å². The largest absolute Gasteiger partial charge is 0.389 e. The van der Waals surface area contributed by atoms with Crippen molar-refractivity contribution in [3.05, 3.63) is 0 Å². The Labute approximate surface area is 117 Å². The van der Waals surface area contributed by atoms with Crippen LogP contribution in [0.25, 0.3) is 0 Å². The minimum atomic E-state index is -0.603. The second kappa shape index (κ2) is 6.11. The van der Waals surface area contributed by atoms with Gasteiger partial charge in [0.1, 0.15) is 0 Å². The quantitative estimate of drug-likeness (QED) is 0.825. The van der Waals surface area contributed by atoms with E-state index in [1.165, 1.54) is 12.8 Å². The van der Waals surface area contributed by atoms with Crippen LogP contribution in [0.15, 0.2) is 0 Å². The lowest BCUT2D eigenvalue weighted by atomic mass is 9.58. The highest BCUT2D eigenvalue weighted by Gasteiger charge is 2.52. The molecule has 3 nitrogen and oxygen atoms in total. The van der Waals surface area contributed by atoms with Gasteiger partial charge in [0.25, 0.3) is 0 Å². The van der Waals surface area contributed by atoms with Crippen molar-refractivity contribution in [1.29, 1.82) is 0 Å². The second-order valence-electron chi connectivity index (χ2n) is 6.95. The number of aliphatic hydroxyl groups is 1. The van der Waals surface area contributed by atoms with Crippen LogP contribution in [0.2, 0.25) is 0 Å². The Kier molecular flexibility index (Phi) is 4.91. The highest BCUT2D eigenvalue weighted by Crippen LogP contribution is 2.51. The molecule has 0 bridgehead atoms. The predicted molar refractivity (Wildman–Crippen MR) is 78.0 cm³/mol. The summed E-state index contributed by atoms with van der Waals surface area (Å²) >= 11 is 0. The lowest BCUT2D eigenvalue weighted by Crippen LogP contribution is -2.58. The molecule has 0 aromatic heterocycles. The van der Waals surface area contributed by atoms with Gasteiger partial charge < -0.3 is 15.6 Å². The van der Waals surface area contributed by atoms with E-state index in [1.807, 2.05) is 0 Å². The van der Waals surface area contributed by atoms with Crippen molar-refractivity contribution >= 4 is 0 Å². The molecule has 3 heteroatoms. The van der Waals surface area contributed by atoms with E-state index < -0.39 is 5.60 Å². The molecule has 1 aliphatic carbocycles. The van der Waals surface area contributed by atoms with Gasteiger partial charge in [-0.2, -0.15) is 0 Å². The van der Waals surface area contributed by atoms with Crippen LogP contribution in [0.3, 0.4) is 0 Å². The standard InChI is InChI=1S/C16H31NO2/c1-3-5-14-11-16(18,8-9-19-14)15(12-17)7-4-6-13(2)10-15/h13-14,18H,3-12,17H2,1-2H3. The van der Waals surface area contributed by atoms with Gasteiger partial charge in [0.15, 0.2) is 0 Å². The zero-order valence-electron chi connectivity index (χ0n) is 12.7. The molecule has 0 amide bonds. The van der Waals surface area contributed by atoms with Gasteiger partial charge in [0, 0.05) is 31.4 Å². The molecule has 0 aromatic carbocycles. The van der Waals surface area contributed by atoms with Crippen LogP contribution < -0.4 is 5.73 Å². The van der Waals surface area contributed by atoms with E-state index in [4.69, 9.17) is 10.5 Å². The molecule has 3 N–H and O–H groups in total. The van der Waals surface area contributed by atoms with Crippen molar-refractivity contribution in [1.82, 2.24) is 0 Å². The number of ether oxygens (including phenoxy) is 1. The van der Waals surface area contributed by atoms with Crippen molar-refractivity contribution < 1.29 is 9.84 Å². The Bertz CT molecular complexity index is 294. The first kappa shape index (κ1) is 15.3. The molecule has 1 heterocycles. The average Bonchev–Trinajstić information content (AvgIpc) is 2.39. The van der Waals surface area contributed by atoms with Crippen LogP contribution in [0.4, 0.5) is 0 Å². The van der Waals surface area contributed by atoms with Gasteiger partial charge in [-0.15, -0.1) is 0 Å². The van der Waals surface area contributed by atoms with Crippen LogP contribution in [0.5, 0.6) is 0 Å². The zero-order chi connectivity index (χ0) is 13.9. The number of nitrogens with two attached hydrogens (primary N) is 1. The van der Waals surface area contributed by atoms with Crippen LogP contribution in [0, 0.1) is 11.3 Å². The fourth-order valence-corrected chi connectivity index (χ4v) is 4.38. The summed E-state index contributed by atoms with van der Waals surface area (Å²) in [6, 6.07) is 0. The van der Waals surface area contributed by atoms with E-state index in [0.29, 0.717) is 19.1 Å². The Balaban J connectivity index is 2.15. The molecule has 2 fully saturated rings. The first-order chi connectivity index (χ1) is 9.05. The lowest BCUT2D eigenvalue weighted by molar-refractivity contribution is -0.180. The summed E-state index contributed by atoms with van der Waals surface area (Å²) in [6.45, 7) is 5.79. The third-order valence-corrected chi connectivity index (χ3v) is 5.51. The molecule has 2 aliphatic rings. The van der Waals surface area contributed by atoms with E-state index in [0.717, 1.165) is 38.5 Å². The van der Waals surface area contributed by atoms with Crippen LogP contribution in [-0.4, -0.2) is 30.0 Å². The van der Waals surface area contributed by atoms with Gasteiger partial charge in [0.2, 0.25) is 0 Å². The maximum absolute atomic E-state index is 11.3. The third-order valence-electron chi connectivity index (χ3n) is 5.51. The monoisotopic (exact) mass is 269 g/mol. The summed E-state index contributed by atoms with van der Waals surface area (Å²) < 4.78 is 5.82. The summed E-state index contributed by atoms with van der Waals surface area (Å²) in [6.07, 6.45) is 8.60. The minimum Gasteiger partial charge on any atom is -0.389 e. The Hall–Kier alpha value is -0.120. The van der Waals surface area contributed by atoms with E-state index in [9.17, 15) is 5.11 Å². The third kappa shape index (κ3) is 2.98. The number of hydrogen-bond donors (Lipinski definition) is 2. The SMILES string of the molecule is CCCC1CC(O)(C2(CN)CCCC(C)C2)CCO1. The van der Waals surface area contributed by atoms with Gasteiger partial charge >= 0.3 is 0 Å². The summed E-state index contributed by atoms with van der Waals surface area (Å²) in [5.41, 5.74) is 5.46. The first-order valence-corrected chi connectivity index (χ1v) is 8.09. The lowest BCUT2D eigenvalue weighted by Gasteiger charge is -2.53. The molecule has 2 rings (SSSR count). The van der Waals surface area contributed by atoms with Crippen molar-refractivity contribution in [3.8, 4) is 0 Å². The second-order valence-corrected chi connectivity index (χ2v) is 6.95. The van der Waals surface area contributed by atoms with Crippen LogP contribution in [0.1, 0.15) is 65.2 Å². The highest BCUT2D eigenvalue weighted by atomic mass is 16.5. The predicted octanol–water partition coefficient (Wildman–Crippen LogP) is 2.85. The molecule has 1 aliphatic heterocycles. The molecule has 1 saturated carbocycles. The molecular formula is C16H31NO2. The molecule has 0 spiro atoms. The van der Waals surface area contributed by atoms with Gasteiger partial charge in [-0.25, -0.2) is 0 Å². The molecule has 0 aromatic rings. The van der Waals surface area contributed by atoms with E-state index in [2.05, 4.69) is 13.8 Å². The molecule has 4 atom stereocenters. The first-order valence-electron chi connectivity index (χ1n) is 8.09. The Morgan fingerprint density at radius 1 is 1.32 bits per heavy atom. The molecular weight excluding hydrogens is 238 g/mol. The maximum Gasteiger partial charge on any atom is 0.0762 e. The van der Waals surface area contributed by atoms with Crippen LogP contribution >= 0.6 is 0 Å². The van der Waals surface area contributed by atoms with Crippen molar-refractivity contribution in [3.63, 3.8) is 0 Å². The minimum absolute atomic E-state index is 0.0690. The fourth-order valence-electron chi connectivity index (χ4n) is 4.38. The molecule has 19 heavy (non-hydrogen) atoms. The smallest absolute Gasteiger partial charge is 0.0762 e. The molecule has 112 valence electrons. The van der Waals surface area contributed by atoms with Gasteiger partial charge in [0.05, 0.1) is 11.7 Å². The number of rotatable bonds is 4. The van der Waals surface area contributed by atoms with Gasteiger partial charge in [-0.1, -0.05) is 33.1 Å². The Morgan fingerprint density at radius 2 is 2.11 bits per heavy atom. The molecule has 0 radical (unpaired) electrons. The van der Waals surface area contributed by atoms with E-state index in [-0.39, 0.29) is 11.5 Å².